The van der Waals surface area contributed by atoms with Gasteiger partial charge in [0.25, 0.3) is 0 Å². The van der Waals surface area contributed by atoms with Crippen LogP contribution in [0.1, 0.15) is 44.7 Å². The summed E-state index contributed by atoms with van der Waals surface area (Å²) >= 11 is 0. The van der Waals surface area contributed by atoms with Crippen molar-refractivity contribution in [3.63, 3.8) is 0 Å². The molecule has 0 saturated heterocycles. The lowest BCUT2D eigenvalue weighted by Crippen LogP contribution is -2.56. The number of rotatable bonds is 8. The van der Waals surface area contributed by atoms with Crippen LogP contribution in [-0.4, -0.2) is 55.6 Å². The molecule has 2 N–H and O–H groups in total. The summed E-state index contributed by atoms with van der Waals surface area (Å²) in [6.07, 6.45) is -0.572. The summed E-state index contributed by atoms with van der Waals surface area (Å²) in [6, 6.07) is 14.8. The predicted octanol–water partition coefficient (Wildman–Crippen LogP) is 3.78. The molecule has 0 bridgehead atoms. The van der Waals surface area contributed by atoms with Crippen LogP contribution in [0.15, 0.2) is 48.5 Å². The van der Waals surface area contributed by atoms with Gasteiger partial charge < -0.3 is 15.4 Å². The van der Waals surface area contributed by atoms with Gasteiger partial charge in [0.1, 0.15) is 18.7 Å². The average molecular weight is 466 g/mol. The lowest BCUT2D eigenvalue weighted by molar-refractivity contribution is -0.133. The van der Waals surface area contributed by atoms with E-state index in [1.165, 1.54) is 11.9 Å². The molecule has 0 aliphatic heterocycles. The molecule has 3 amide bonds. The molecule has 0 saturated carbocycles. The number of amides is 3. The fraction of sp³-hybridized carbons (Fsp3) is 0.444. The van der Waals surface area contributed by atoms with Gasteiger partial charge in [0.05, 0.1) is 0 Å². The molecule has 34 heavy (non-hydrogen) atoms. The Hall–Kier alpha value is -3.35. The predicted molar refractivity (Wildman–Crippen MR) is 132 cm³/mol. The van der Waals surface area contributed by atoms with E-state index in [2.05, 4.69) is 34.9 Å². The maximum Gasteiger partial charge on any atom is 0.410 e. The monoisotopic (exact) mass is 465 g/mol. The van der Waals surface area contributed by atoms with Crippen LogP contribution in [0.5, 0.6) is 0 Å². The maximum absolute atomic E-state index is 13.1. The molecule has 1 unspecified atom stereocenters. The van der Waals surface area contributed by atoms with Crippen LogP contribution in [0.25, 0.3) is 11.1 Å². The van der Waals surface area contributed by atoms with E-state index >= 15 is 0 Å². The Kier molecular flexibility index (Phi) is 7.97. The van der Waals surface area contributed by atoms with Crippen LogP contribution >= 0.6 is 0 Å². The summed E-state index contributed by atoms with van der Waals surface area (Å²) in [5.74, 6) is -0.989. The second-order valence-electron chi connectivity index (χ2n) is 9.45. The minimum Gasteiger partial charge on any atom is -0.448 e. The van der Waals surface area contributed by atoms with Crippen LogP contribution < -0.4 is 10.6 Å². The molecule has 0 spiro atoms. The van der Waals surface area contributed by atoms with Crippen LogP contribution in [0.3, 0.4) is 0 Å². The van der Waals surface area contributed by atoms with Gasteiger partial charge in [-0.15, -0.1) is 0 Å². The van der Waals surface area contributed by atoms with E-state index in [-0.39, 0.29) is 36.2 Å². The zero-order valence-corrected chi connectivity index (χ0v) is 20.8. The number of nitrogens with zero attached hydrogens (tertiary/aromatic N) is 1. The standard InChI is InChI=1S/C27H35N3O4/c1-16(2)23(25(31)28-5)29-26(32)24(17(3)4)30(6)27(33)34-15-22-20-13-9-7-11-18(20)19-12-8-10-14-21(19)22/h7-14,16-17,22-24H,15H2,1-6H3,(H,28,31)(H,29,32)/t23-,24?/m0/s1. The zero-order valence-electron chi connectivity index (χ0n) is 20.8. The van der Waals surface area contributed by atoms with Crippen LogP contribution in [0, 0.1) is 11.8 Å². The first-order chi connectivity index (χ1) is 16.2. The number of ether oxygens (including phenoxy) is 1. The molecule has 7 nitrogen and oxygen atoms in total. The second-order valence-corrected chi connectivity index (χ2v) is 9.45. The molecular formula is C27H35N3O4. The van der Waals surface area contributed by atoms with Crippen molar-refractivity contribution in [3.05, 3.63) is 59.7 Å². The Balaban J connectivity index is 1.72. The molecule has 0 fully saturated rings. The summed E-state index contributed by atoms with van der Waals surface area (Å²) in [4.78, 5) is 39.7. The number of carbonyl (C=O) groups is 3. The fourth-order valence-corrected chi connectivity index (χ4v) is 4.66. The third kappa shape index (κ3) is 5.08. The van der Waals surface area contributed by atoms with Crippen molar-refractivity contribution in [1.29, 1.82) is 0 Å². The van der Waals surface area contributed by atoms with Gasteiger partial charge in [0.15, 0.2) is 0 Å². The van der Waals surface area contributed by atoms with Gasteiger partial charge >= 0.3 is 6.09 Å². The molecular weight excluding hydrogens is 430 g/mol. The molecule has 7 heteroatoms. The van der Waals surface area contributed by atoms with Gasteiger partial charge in [0, 0.05) is 20.0 Å². The molecule has 3 rings (SSSR count). The normalized spacial score (nSPS) is 14.2. The molecule has 2 aromatic rings. The highest BCUT2D eigenvalue weighted by atomic mass is 16.6. The van der Waals surface area contributed by atoms with Crippen molar-refractivity contribution in [3.8, 4) is 11.1 Å². The number of likely N-dealkylation sites (N-methyl/N-ethyl adjacent to an activating group) is 2. The van der Waals surface area contributed by atoms with E-state index in [1.54, 1.807) is 7.05 Å². The SMILES string of the molecule is CNC(=O)[C@@H](NC(=O)C(C(C)C)N(C)C(=O)OCC1c2ccccc2-c2ccccc21)C(C)C. The largest absolute Gasteiger partial charge is 0.448 e. The highest BCUT2D eigenvalue weighted by molar-refractivity contribution is 5.91. The van der Waals surface area contributed by atoms with Crippen LogP contribution in [-0.2, 0) is 14.3 Å². The number of hydrogen-bond acceptors (Lipinski definition) is 4. The van der Waals surface area contributed by atoms with Crippen molar-refractivity contribution < 1.29 is 19.1 Å². The number of hydrogen-bond donors (Lipinski definition) is 2. The maximum atomic E-state index is 13.1. The molecule has 2 aromatic carbocycles. The van der Waals surface area contributed by atoms with E-state index in [9.17, 15) is 14.4 Å². The second kappa shape index (κ2) is 10.7. The Morgan fingerprint density at radius 3 is 1.88 bits per heavy atom. The summed E-state index contributed by atoms with van der Waals surface area (Å²) < 4.78 is 5.73. The minimum absolute atomic E-state index is 0.0605. The van der Waals surface area contributed by atoms with E-state index in [1.807, 2.05) is 52.0 Å². The Morgan fingerprint density at radius 1 is 0.882 bits per heavy atom. The Labute approximate surface area is 201 Å². The van der Waals surface area contributed by atoms with Crippen LogP contribution in [0.4, 0.5) is 4.79 Å². The van der Waals surface area contributed by atoms with E-state index < -0.39 is 18.2 Å². The first-order valence-electron chi connectivity index (χ1n) is 11.8. The first-order valence-corrected chi connectivity index (χ1v) is 11.8. The van der Waals surface area contributed by atoms with Crippen LogP contribution in [0.2, 0.25) is 0 Å². The Morgan fingerprint density at radius 2 is 1.41 bits per heavy atom. The van der Waals surface area contributed by atoms with Crippen molar-refractivity contribution in [2.24, 2.45) is 11.8 Å². The molecule has 2 atom stereocenters. The van der Waals surface area contributed by atoms with Crippen molar-refractivity contribution in [2.45, 2.75) is 45.7 Å². The number of carbonyl (C=O) groups excluding carboxylic acids is 3. The number of benzene rings is 2. The van der Waals surface area contributed by atoms with Crippen molar-refractivity contribution >= 4 is 17.9 Å². The highest BCUT2D eigenvalue weighted by Crippen LogP contribution is 2.44. The van der Waals surface area contributed by atoms with Gasteiger partial charge in [-0.25, -0.2) is 4.79 Å². The smallest absolute Gasteiger partial charge is 0.410 e. The molecule has 182 valence electrons. The summed E-state index contributed by atoms with van der Waals surface area (Å²) in [6.45, 7) is 7.62. The third-order valence-electron chi connectivity index (χ3n) is 6.43. The van der Waals surface area contributed by atoms with Crippen molar-refractivity contribution in [1.82, 2.24) is 15.5 Å². The molecule has 0 radical (unpaired) electrons. The van der Waals surface area contributed by atoms with E-state index in [4.69, 9.17) is 4.74 Å². The van der Waals surface area contributed by atoms with Crippen molar-refractivity contribution in [2.75, 3.05) is 20.7 Å². The van der Waals surface area contributed by atoms with Gasteiger partial charge in [-0.1, -0.05) is 76.2 Å². The quantitative estimate of drug-likeness (QED) is 0.621. The summed E-state index contributed by atoms with van der Waals surface area (Å²) in [5, 5.41) is 5.39. The van der Waals surface area contributed by atoms with Gasteiger partial charge in [-0.2, -0.15) is 0 Å². The minimum atomic E-state index is -0.776. The number of nitrogens with one attached hydrogen (secondary N) is 2. The van der Waals surface area contributed by atoms with E-state index in [0.29, 0.717) is 0 Å². The topological polar surface area (TPSA) is 87.7 Å². The molecule has 0 aromatic heterocycles. The van der Waals surface area contributed by atoms with Gasteiger partial charge in [-0.3, -0.25) is 14.5 Å². The first kappa shape index (κ1) is 25.3. The zero-order chi connectivity index (χ0) is 25.0. The number of fused-ring (bicyclic) bond motifs is 3. The third-order valence-corrected chi connectivity index (χ3v) is 6.43. The lowest BCUT2D eigenvalue weighted by Gasteiger charge is -2.32. The average Bonchev–Trinajstić information content (AvgIpc) is 3.13. The molecule has 1 aliphatic carbocycles. The van der Waals surface area contributed by atoms with E-state index in [0.717, 1.165) is 22.3 Å². The summed E-state index contributed by atoms with van der Waals surface area (Å²) in [7, 11) is 3.10. The Bertz CT molecular complexity index is 1000. The van der Waals surface area contributed by atoms with Gasteiger partial charge in [-0.05, 0) is 34.1 Å². The highest BCUT2D eigenvalue weighted by Gasteiger charge is 2.35. The lowest BCUT2D eigenvalue weighted by atomic mass is 9.98. The molecule has 0 heterocycles. The molecule has 1 aliphatic rings. The summed E-state index contributed by atoms with van der Waals surface area (Å²) in [5.41, 5.74) is 4.56. The fourth-order valence-electron chi connectivity index (χ4n) is 4.66. The van der Waals surface area contributed by atoms with Gasteiger partial charge in [0.2, 0.25) is 11.8 Å².